The van der Waals surface area contributed by atoms with Crippen molar-refractivity contribution < 1.29 is 18.7 Å². The van der Waals surface area contributed by atoms with Gasteiger partial charge < -0.3 is 14.8 Å². The highest BCUT2D eigenvalue weighted by atomic mass is 35.5. The number of hydrogen-bond acceptors (Lipinski definition) is 5. The van der Waals surface area contributed by atoms with Gasteiger partial charge in [0.05, 0.1) is 0 Å². The fraction of sp³-hybridized carbons (Fsp3) is 0.667. The maximum atomic E-state index is 13.9. The lowest BCUT2D eigenvalue weighted by Crippen LogP contribution is -2.31. The lowest BCUT2D eigenvalue weighted by atomic mass is 10.0. The predicted octanol–water partition coefficient (Wildman–Crippen LogP) is 1.38. The summed E-state index contributed by atoms with van der Waals surface area (Å²) in [6, 6.07) is 0. The molecular weight excluding hydrogens is 328 g/mol. The zero-order valence-corrected chi connectivity index (χ0v) is 13.2. The summed E-state index contributed by atoms with van der Waals surface area (Å²) in [7, 11) is 0. The summed E-state index contributed by atoms with van der Waals surface area (Å²) < 4.78 is 27.8. The highest BCUT2D eigenvalue weighted by molar-refractivity contribution is 6.28. The van der Waals surface area contributed by atoms with Gasteiger partial charge in [0.2, 0.25) is 5.28 Å². The molecule has 0 amide bonds. The second-order valence-electron chi connectivity index (χ2n) is 7.02. The van der Waals surface area contributed by atoms with E-state index in [0.29, 0.717) is 24.5 Å². The van der Waals surface area contributed by atoms with Crippen LogP contribution < -0.4 is 10.0 Å². The number of carbonyl (C=O) groups excluding carboxylic acids is 1. The number of fused-ring (bicyclic) bond motifs is 2. The molecule has 2 fully saturated rings. The third kappa shape index (κ3) is 2.12. The number of piperidine rings is 1. The van der Waals surface area contributed by atoms with Gasteiger partial charge in [-0.1, -0.05) is 6.92 Å². The van der Waals surface area contributed by atoms with Crippen LogP contribution in [0.15, 0.2) is 0 Å². The molecule has 3 aliphatic rings. The second-order valence-corrected chi connectivity index (χ2v) is 7.36. The molecule has 5 nitrogen and oxygen atoms in total. The molecule has 8 heteroatoms. The molecule has 1 saturated heterocycles. The van der Waals surface area contributed by atoms with E-state index in [0.717, 1.165) is 0 Å². The van der Waals surface area contributed by atoms with Crippen LogP contribution in [0.2, 0.25) is 5.28 Å². The largest absolute Gasteiger partial charge is 0.550 e. The molecule has 3 atom stereocenters. The number of anilines is 1. The molecular formula is C15H15ClF2N3O2-. The standard InChI is InChI=1S/C15H16ClF2N3O2/c1-14-6-21(5-9(14)8(14)4-10(22)23)12-7-2-3-15(17,18)11(7)19-13(16)20-12/h8-9H,2-6H2,1H3,(H,22,23)/p-1/t8-,9-,14+/m0/s1. The molecule has 1 aromatic rings. The van der Waals surface area contributed by atoms with Crippen LogP contribution >= 0.6 is 11.6 Å². The first-order valence-electron chi connectivity index (χ1n) is 7.62. The maximum Gasteiger partial charge on any atom is 0.290 e. The molecule has 1 aliphatic heterocycles. The Morgan fingerprint density at radius 3 is 2.83 bits per heavy atom. The molecule has 0 aromatic carbocycles. The number of halogens is 3. The van der Waals surface area contributed by atoms with Crippen molar-refractivity contribution in [1.82, 2.24) is 9.97 Å². The number of carbonyl (C=O) groups is 1. The summed E-state index contributed by atoms with van der Waals surface area (Å²) in [5.74, 6) is -3.19. The van der Waals surface area contributed by atoms with Gasteiger partial charge in [0, 0.05) is 31.0 Å². The predicted molar refractivity (Wildman–Crippen MR) is 76.2 cm³/mol. The van der Waals surface area contributed by atoms with Crippen LogP contribution in [0.5, 0.6) is 0 Å². The number of nitrogens with zero attached hydrogens (tertiary/aromatic N) is 3. The molecule has 2 aliphatic carbocycles. The number of alkyl halides is 2. The summed E-state index contributed by atoms with van der Waals surface area (Å²) in [6.07, 6.45) is 0.0110. The van der Waals surface area contributed by atoms with Gasteiger partial charge in [0.25, 0.3) is 5.92 Å². The van der Waals surface area contributed by atoms with Crippen LogP contribution in [0.3, 0.4) is 0 Å². The van der Waals surface area contributed by atoms with Crippen LogP contribution in [-0.4, -0.2) is 29.0 Å². The molecule has 4 rings (SSSR count). The number of aromatic nitrogens is 2. The topological polar surface area (TPSA) is 69.2 Å². The van der Waals surface area contributed by atoms with Gasteiger partial charge in [0.1, 0.15) is 11.5 Å². The summed E-state index contributed by atoms with van der Waals surface area (Å²) in [5.41, 5.74) is 0.0937. The summed E-state index contributed by atoms with van der Waals surface area (Å²) in [5, 5.41) is 10.6. The van der Waals surface area contributed by atoms with Crippen LogP contribution in [-0.2, 0) is 17.1 Å². The first-order chi connectivity index (χ1) is 10.7. The number of aliphatic carboxylic acids is 1. The number of hydrogen-bond donors (Lipinski definition) is 0. The third-order valence-electron chi connectivity index (χ3n) is 5.70. The zero-order chi connectivity index (χ0) is 16.6. The maximum absolute atomic E-state index is 13.9. The molecule has 1 aromatic heterocycles. The second kappa shape index (κ2) is 4.53. The van der Waals surface area contributed by atoms with Crippen LogP contribution in [0.4, 0.5) is 14.6 Å². The van der Waals surface area contributed by atoms with E-state index in [1.165, 1.54) is 0 Å². The van der Waals surface area contributed by atoms with Crippen molar-refractivity contribution in [2.75, 3.05) is 18.0 Å². The van der Waals surface area contributed by atoms with E-state index in [9.17, 15) is 18.7 Å². The van der Waals surface area contributed by atoms with E-state index >= 15 is 0 Å². The van der Waals surface area contributed by atoms with Crippen molar-refractivity contribution in [1.29, 1.82) is 0 Å². The quantitative estimate of drug-likeness (QED) is 0.776. The van der Waals surface area contributed by atoms with E-state index < -0.39 is 11.9 Å². The van der Waals surface area contributed by atoms with Gasteiger partial charge >= 0.3 is 0 Å². The third-order valence-corrected chi connectivity index (χ3v) is 5.87. The molecule has 2 heterocycles. The van der Waals surface area contributed by atoms with E-state index in [1.54, 1.807) is 0 Å². The molecule has 0 radical (unpaired) electrons. The fourth-order valence-corrected chi connectivity index (χ4v) is 4.57. The van der Waals surface area contributed by atoms with Crippen molar-refractivity contribution in [2.45, 2.75) is 32.1 Å². The first kappa shape index (κ1) is 15.1. The van der Waals surface area contributed by atoms with Gasteiger partial charge in [0.15, 0.2) is 0 Å². The molecule has 0 bridgehead atoms. The Balaban J connectivity index is 1.62. The van der Waals surface area contributed by atoms with Crippen LogP contribution in [0.25, 0.3) is 0 Å². The molecule has 1 saturated carbocycles. The fourth-order valence-electron chi connectivity index (χ4n) is 4.40. The minimum atomic E-state index is -2.96. The van der Waals surface area contributed by atoms with Gasteiger partial charge in [-0.2, -0.15) is 8.78 Å². The summed E-state index contributed by atoms with van der Waals surface area (Å²) in [6.45, 7) is 3.24. The van der Waals surface area contributed by atoms with Crippen molar-refractivity contribution >= 4 is 23.4 Å². The SMILES string of the molecule is C[C@]12CN(c3nc(Cl)nc4c3CCC4(F)F)C[C@H]1[C@@H]2CC(=O)[O-]. The van der Waals surface area contributed by atoms with E-state index in [1.807, 2.05) is 11.8 Å². The Morgan fingerprint density at radius 2 is 2.22 bits per heavy atom. The molecule has 0 spiro atoms. The summed E-state index contributed by atoms with van der Waals surface area (Å²) in [4.78, 5) is 20.7. The molecule has 124 valence electrons. The lowest BCUT2D eigenvalue weighted by Gasteiger charge is -2.25. The number of carboxylic acids is 1. The van der Waals surface area contributed by atoms with Gasteiger partial charge in [-0.25, -0.2) is 9.97 Å². The van der Waals surface area contributed by atoms with E-state index in [4.69, 9.17) is 11.6 Å². The Labute approximate surface area is 136 Å². The highest BCUT2D eigenvalue weighted by Gasteiger charge is 2.65. The Kier molecular flexibility index (Phi) is 2.96. The van der Waals surface area contributed by atoms with Gasteiger partial charge in [-0.15, -0.1) is 0 Å². The monoisotopic (exact) mass is 342 g/mol. The smallest absolute Gasteiger partial charge is 0.290 e. The Morgan fingerprint density at radius 1 is 1.48 bits per heavy atom. The van der Waals surface area contributed by atoms with Crippen LogP contribution in [0, 0.1) is 17.3 Å². The van der Waals surface area contributed by atoms with Gasteiger partial charge in [-0.05, 0) is 41.7 Å². The van der Waals surface area contributed by atoms with Crippen molar-refractivity contribution in [3.8, 4) is 0 Å². The van der Waals surface area contributed by atoms with Crippen molar-refractivity contribution in [3.63, 3.8) is 0 Å². The van der Waals surface area contributed by atoms with Crippen LogP contribution in [0.1, 0.15) is 31.0 Å². The highest BCUT2D eigenvalue weighted by Crippen LogP contribution is 2.65. The number of rotatable bonds is 3. The first-order valence-corrected chi connectivity index (χ1v) is 8.00. The zero-order valence-electron chi connectivity index (χ0n) is 12.5. The van der Waals surface area contributed by atoms with E-state index in [2.05, 4.69) is 9.97 Å². The molecule has 23 heavy (non-hydrogen) atoms. The van der Waals surface area contributed by atoms with Crippen molar-refractivity contribution in [3.05, 3.63) is 16.5 Å². The average molecular weight is 343 g/mol. The normalized spacial score (nSPS) is 33.5. The molecule has 0 unspecified atom stereocenters. The minimum absolute atomic E-state index is 0.0513. The Bertz CT molecular complexity index is 714. The number of carboxylic acid groups (broad SMARTS) is 1. The minimum Gasteiger partial charge on any atom is -0.550 e. The van der Waals surface area contributed by atoms with E-state index in [-0.39, 0.29) is 47.5 Å². The van der Waals surface area contributed by atoms with Crippen molar-refractivity contribution in [2.24, 2.45) is 17.3 Å². The lowest BCUT2D eigenvalue weighted by molar-refractivity contribution is -0.306. The Hall–Kier alpha value is -1.50. The van der Waals surface area contributed by atoms with Gasteiger partial charge in [-0.3, -0.25) is 0 Å². The molecule has 0 N–H and O–H groups in total. The summed E-state index contributed by atoms with van der Waals surface area (Å²) >= 11 is 5.85. The average Bonchev–Trinajstić information content (AvgIpc) is 2.74.